The Kier molecular flexibility index (Phi) is 6.26. The van der Waals surface area contributed by atoms with Crippen LogP contribution in [-0.2, 0) is 23.9 Å². The van der Waals surface area contributed by atoms with E-state index in [1.165, 1.54) is 6.08 Å². The van der Waals surface area contributed by atoms with Crippen molar-refractivity contribution in [2.75, 3.05) is 19.7 Å². The lowest BCUT2D eigenvalue weighted by Crippen LogP contribution is -2.42. The van der Waals surface area contributed by atoms with Gasteiger partial charge in [-0.15, -0.1) is 6.58 Å². The van der Waals surface area contributed by atoms with Crippen LogP contribution in [0.3, 0.4) is 0 Å². The summed E-state index contributed by atoms with van der Waals surface area (Å²) in [5.41, 5.74) is 0. The summed E-state index contributed by atoms with van der Waals surface area (Å²) in [6.07, 6.45) is 4.54. The summed E-state index contributed by atoms with van der Waals surface area (Å²) in [6, 6.07) is -0.741. The molecule has 2 N–H and O–H groups in total. The second kappa shape index (κ2) is 8.41. The Labute approximate surface area is 144 Å². The average Bonchev–Trinajstić information content (AvgIpc) is 2.83. The molecule has 0 radical (unpaired) electrons. The molecule has 1 heterocycles. The van der Waals surface area contributed by atoms with Gasteiger partial charge in [0.05, 0.1) is 11.8 Å². The molecule has 1 aliphatic heterocycles. The van der Waals surface area contributed by atoms with Gasteiger partial charge in [-0.2, -0.15) is 0 Å². The number of rotatable bonds is 6. The maximum atomic E-state index is 12.2. The highest BCUT2D eigenvalue weighted by Gasteiger charge is 2.48. The molecule has 1 saturated heterocycles. The van der Waals surface area contributed by atoms with Crippen molar-refractivity contribution in [2.45, 2.75) is 25.7 Å². The fourth-order valence-electron chi connectivity index (χ4n) is 3.08. The summed E-state index contributed by atoms with van der Waals surface area (Å²) in [4.78, 5) is 59.9. The Bertz CT molecular complexity index is 579. The van der Waals surface area contributed by atoms with E-state index < -0.39 is 31.1 Å². The summed E-state index contributed by atoms with van der Waals surface area (Å²) in [7, 11) is 0. The Morgan fingerprint density at radius 1 is 1.16 bits per heavy atom. The van der Waals surface area contributed by atoms with Crippen molar-refractivity contribution in [1.29, 1.82) is 0 Å². The first-order chi connectivity index (χ1) is 11.9. The van der Waals surface area contributed by atoms with E-state index in [0.717, 1.165) is 17.7 Å². The standard InChI is InChI=1S/C16H21N3O6/c1-2-7-17-16(24)18-12(20)9-25-13(21)8-19-14(22)10-5-3-4-6-11(10)15(19)23/h2,10-11H,1,3-9H2,(H2,17,18,20,24)/t10-,11-/m0/s1. The second-order valence-corrected chi connectivity index (χ2v) is 5.97. The maximum absolute atomic E-state index is 12.2. The summed E-state index contributed by atoms with van der Waals surface area (Å²) in [5, 5.41) is 4.28. The molecule has 0 aromatic carbocycles. The molecule has 0 aromatic rings. The van der Waals surface area contributed by atoms with E-state index in [0.29, 0.717) is 12.8 Å². The number of esters is 1. The smallest absolute Gasteiger partial charge is 0.326 e. The molecule has 2 aliphatic rings. The fraction of sp³-hybridized carbons (Fsp3) is 0.562. The highest BCUT2D eigenvalue weighted by molar-refractivity contribution is 6.07. The summed E-state index contributed by atoms with van der Waals surface area (Å²) < 4.78 is 4.72. The van der Waals surface area contributed by atoms with Gasteiger partial charge in [0.1, 0.15) is 6.54 Å². The summed E-state index contributed by atoms with van der Waals surface area (Å²) in [5.74, 6) is -3.07. The van der Waals surface area contributed by atoms with Crippen molar-refractivity contribution in [2.24, 2.45) is 11.8 Å². The molecule has 1 saturated carbocycles. The number of imide groups is 2. The van der Waals surface area contributed by atoms with E-state index in [1.54, 1.807) is 0 Å². The Hall–Kier alpha value is -2.71. The average molecular weight is 351 g/mol. The van der Waals surface area contributed by atoms with Crippen LogP contribution in [0.25, 0.3) is 0 Å². The number of fused-ring (bicyclic) bond motifs is 1. The van der Waals surface area contributed by atoms with E-state index >= 15 is 0 Å². The van der Waals surface area contributed by atoms with Crippen LogP contribution in [0.15, 0.2) is 12.7 Å². The molecular weight excluding hydrogens is 330 g/mol. The zero-order valence-electron chi connectivity index (χ0n) is 13.8. The zero-order chi connectivity index (χ0) is 18.4. The maximum Gasteiger partial charge on any atom is 0.326 e. The van der Waals surface area contributed by atoms with E-state index in [9.17, 15) is 24.0 Å². The minimum Gasteiger partial charge on any atom is -0.454 e. The topological polar surface area (TPSA) is 122 Å². The predicted molar refractivity (Wildman–Crippen MR) is 84.9 cm³/mol. The van der Waals surface area contributed by atoms with E-state index in [1.807, 2.05) is 5.32 Å². The molecule has 2 atom stereocenters. The van der Waals surface area contributed by atoms with Crippen molar-refractivity contribution in [3.8, 4) is 0 Å². The normalized spacial score (nSPS) is 22.2. The van der Waals surface area contributed by atoms with Crippen molar-refractivity contribution >= 4 is 29.7 Å². The van der Waals surface area contributed by atoms with Crippen LogP contribution in [0.1, 0.15) is 25.7 Å². The lowest BCUT2D eigenvalue weighted by molar-refractivity contribution is -0.154. The van der Waals surface area contributed by atoms with E-state index in [2.05, 4.69) is 11.9 Å². The predicted octanol–water partition coefficient (Wildman–Crippen LogP) is -0.283. The van der Waals surface area contributed by atoms with Crippen LogP contribution in [0, 0.1) is 11.8 Å². The SMILES string of the molecule is C=CCNC(=O)NC(=O)COC(=O)CN1C(=O)[C@H]2CCCC[C@@H]2C1=O. The van der Waals surface area contributed by atoms with Gasteiger partial charge in [0.25, 0.3) is 5.91 Å². The lowest BCUT2D eigenvalue weighted by atomic mass is 9.81. The first kappa shape index (κ1) is 18.6. The number of carbonyl (C=O) groups is 5. The molecule has 9 heteroatoms. The lowest BCUT2D eigenvalue weighted by Gasteiger charge is -2.19. The van der Waals surface area contributed by atoms with Crippen molar-refractivity contribution in [1.82, 2.24) is 15.5 Å². The monoisotopic (exact) mass is 351 g/mol. The Balaban J connectivity index is 1.77. The molecule has 9 nitrogen and oxygen atoms in total. The molecule has 5 amide bonds. The second-order valence-electron chi connectivity index (χ2n) is 5.97. The third kappa shape index (κ3) is 4.65. The fourth-order valence-corrected chi connectivity index (χ4v) is 3.08. The van der Waals surface area contributed by atoms with E-state index in [4.69, 9.17) is 4.74 Å². The van der Waals surface area contributed by atoms with E-state index in [-0.39, 0.29) is 30.2 Å². The number of amides is 5. The number of ether oxygens (including phenoxy) is 1. The molecule has 2 rings (SSSR count). The van der Waals surface area contributed by atoms with Crippen LogP contribution < -0.4 is 10.6 Å². The summed E-state index contributed by atoms with van der Waals surface area (Å²) in [6.45, 7) is 2.39. The number of hydrogen-bond acceptors (Lipinski definition) is 6. The molecule has 0 spiro atoms. The quantitative estimate of drug-likeness (QED) is 0.385. The number of likely N-dealkylation sites (tertiary alicyclic amines) is 1. The summed E-state index contributed by atoms with van der Waals surface area (Å²) >= 11 is 0. The molecule has 0 aromatic heterocycles. The van der Waals surface area contributed by atoms with Gasteiger partial charge < -0.3 is 10.1 Å². The minimum absolute atomic E-state index is 0.181. The highest BCUT2D eigenvalue weighted by Crippen LogP contribution is 2.37. The van der Waals surface area contributed by atoms with Crippen molar-refractivity contribution in [3.63, 3.8) is 0 Å². The van der Waals surface area contributed by atoms with Gasteiger partial charge in [0, 0.05) is 6.54 Å². The van der Waals surface area contributed by atoms with Gasteiger partial charge in [-0.1, -0.05) is 18.9 Å². The van der Waals surface area contributed by atoms with Gasteiger partial charge in [-0.05, 0) is 12.8 Å². The van der Waals surface area contributed by atoms with Gasteiger partial charge in [-0.3, -0.25) is 29.4 Å². The molecular formula is C16H21N3O6. The largest absolute Gasteiger partial charge is 0.454 e. The molecule has 136 valence electrons. The third-order valence-electron chi connectivity index (χ3n) is 4.24. The van der Waals surface area contributed by atoms with Gasteiger partial charge in [-0.25, -0.2) is 4.79 Å². The number of urea groups is 1. The third-order valence-corrected chi connectivity index (χ3v) is 4.24. The van der Waals surface area contributed by atoms with Crippen LogP contribution in [0.4, 0.5) is 4.79 Å². The van der Waals surface area contributed by atoms with Crippen LogP contribution in [0.5, 0.6) is 0 Å². The number of nitrogens with one attached hydrogen (secondary N) is 2. The van der Waals surface area contributed by atoms with Gasteiger partial charge in [0.15, 0.2) is 6.61 Å². The van der Waals surface area contributed by atoms with Crippen molar-refractivity contribution in [3.05, 3.63) is 12.7 Å². The number of hydrogen-bond donors (Lipinski definition) is 2. The highest BCUT2D eigenvalue weighted by atomic mass is 16.5. The number of carbonyl (C=O) groups excluding carboxylic acids is 5. The molecule has 25 heavy (non-hydrogen) atoms. The van der Waals surface area contributed by atoms with Crippen LogP contribution in [0.2, 0.25) is 0 Å². The molecule has 0 bridgehead atoms. The number of nitrogens with zero attached hydrogens (tertiary/aromatic N) is 1. The Morgan fingerprint density at radius 3 is 2.32 bits per heavy atom. The van der Waals surface area contributed by atoms with Crippen LogP contribution in [-0.4, -0.2) is 54.3 Å². The first-order valence-corrected chi connectivity index (χ1v) is 8.13. The first-order valence-electron chi connectivity index (χ1n) is 8.13. The minimum atomic E-state index is -0.873. The molecule has 2 fully saturated rings. The van der Waals surface area contributed by atoms with Gasteiger partial charge in [0.2, 0.25) is 11.8 Å². The molecule has 1 aliphatic carbocycles. The van der Waals surface area contributed by atoms with Crippen molar-refractivity contribution < 1.29 is 28.7 Å². The zero-order valence-corrected chi connectivity index (χ0v) is 13.8. The Morgan fingerprint density at radius 2 is 1.76 bits per heavy atom. The molecule has 0 unspecified atom stereocenters. The van der Waals surface area contributed by atoms with Crippen LogP contribution >= 0.6 is 0 Å². The van der Waals surface area contributed by atoms with Gasteiger partial charge >= 0.3 is 12.0 Å².